The van der Waals surface area contributed by atoms with Crippen LogP contribution in [0.25, 0.3) is 55.3 Å². The molecule has 1 unspecified atom stereocenters. The van der Waals surface area contributed by atoms with Gasteiger partial charge in [-0.1, -0.05) is 188 Å². The Labute approximate surface area is 379 Å². The minimum Gasteiger partial charge on any atom is -0.456 e. The van der Waals surface area contributed by atoms with E-state index in [9.17, 15) is 0 Å². The van der Waals surface area contributed by atoms with Crippen molar-refractivity contribution in [3.8, 4) is 33.4 Å². The maximum absolute atomic E-state index is 6.26. The first-order valence-corrected chi connectivity index (χ1v) is 22.6. The highest BCUT2D eigenvalue weighted by atomic mass is 16.3. The van der Waals surface area contributed by atoms with Crippen LogP contribution in [0.3, 0.4) is 0 Å². The lowest BCUT2D eigenvalue weighted by Gasteiger charge is -2.35. The number of para-hydroxylation sites is 1. The van der Waals surface area contributed by atoms with Crippen LogP contribution < -0.4 is 4.90 Å². The summed E-state index contributed by atoms with van der Waals surface area (Å²) in [5.74, 6) is 0. The molecule has 1 aromatic heterocycles. The summed E-state index contributed by atoms with van der Waals surface area (Å²) < 4.78 is 6.26. The molecule has 0 aliphatic heterocycles. The topological polar surface area (TPSA) is 16.4 Å². The Morgan fingerprint density at radius 3 is 1.54 bits per heavy atom. The Kier molecular flexibility index (Phi) is 8.29. The highest BCUT2D eigenvalue weighted by Gasteiger charge is 2.46. The summed E-state index contributed by atoms with van der Waals surface area (Å²) in [6.07, 6.45) is 0. The van der Waals surface area contributed by atoms with E-state index in [1.165, 1.54) is 61.2 Å². The first-order chi connectivity index (χ1) is 32.1. The molecule has 0 radical (unpaired) electrons. The van der Waals surface area contributed by atoms with Crippen LogP contribution in [0.15, 0.2) is 247 Å². The molecule has 2 aliphatic carbocycles. The summed E-state index contributed by atoms with van der Waals surface area (Å²) in [6, 6.07) is 89.4. The van der Waals surface area contributed by atoms with Gasteiger partial charge in [0.15, 0.2) is 0 Å². The number of fused-ring (bicyclic) bond motifs is 9. The maximum atomic E-state index is 6.26. The van der Waals surface area contributed by atoms with Crippen molar-refractivity contribution in [3.05, 3.63) is 282 Å². The van der Waals surface area contributed by atoms with E-state index in [1.807, 2.05) is 12.1 Å². The number of anilines is 3. The van der Waals surface area contributed by atoms with Gasteiger partial charge >= 0.3 is 0 Å². The molecule has 2 nitrogen and oxygen atoms in total. The number of benzene rings is 10. The van der Waals surface area contributed by atoms with E-state index < -0.39 is 5.41 Å². The van der Waals surface area contributed by atoms with Crippen molar-refractivity contribution in [2.45, 2.75) is 17.8 Å². The molecule has 0 bridgehead atoms. The van der Waals surface area contributed by atoms with Gasteiger partial charge in [0.05, 0.1) is 5.41 Å². The van der Waals surface area contributed by atoms with Crippen LogP contribution in [0, 0.1) is 0 Å². The number of nitrogens with zero attached hydrogens (tertiary/aromatic N) is 1. The first-order valence-electron chi connectivity index (χ1n) is 22.6. The zero-order chi connectivity index (χ0) is 43.1. The lowest BCUT2D eigenvalue weighted by Crippen LogP contribution is -2.28. The molecule has 0 saturated carbocycles. The van der Waals surface area contributed by atoms with E-state index in [-0.39, 0.29) is 5.41 Å². The molecular weight excluding hydrogens is 787 g/mol. The van der Waals surface area contributed by atoms with Gasteiger partial charge in [0.25, 0.3) is 0 Å². The fourth-order valence-corrected chi connectivity index (χ4v) is 11.5. The predicted octanol–water partition coefficient (Wildman–Crippen LogP) is 16.4. The lowest BCUT2D eigenvalue weighted by molar-refractivity contribution is 0.669. The van der Waals surface area contributed by atoms with Crippen LogP contribution in [-0.4, -0.2) is 0 Å². The highest BCUT2D eigenvalue weighted by Crippen LogP contribution is 2.58. The maximum Gasteiger partial charge on any atom is 0.135 e. The van der Waals surface area contributed by atoms with Crippen molar-refractivity contribution < 1.29 is 4.42 Å². The average molecular weight is 830 g/mol. The molecule has 13 rings (SSSR count). The van der Waals surface area contributed by atoms with E-state index in [4.69, 9.17) is 4.42 Å². The third-order valence-corrected chi connectivity index (χ3v) is 14.4. The minimum absolute atomic E-state index is 0.352. The van der Waals surface area contributed by atoms with E-state index in [0.29, 0.717) is 0 Å². The van der Waals surface area contributed by atoms with Gasteiger partial charge in [0.2, 0.25) is 0 Å². The summed E-state index contributed by atoms with van der Waals surface area (Å²) in [7, 11) is 0. The second kappa shape index (κ2) is 14.4. The van der Waals surface area contributed by atoms with E-state index >= 15 is 0 Å². The van der Waals surface area contributed by atoms with E-state index in [0.717, 1.165) is 50.1 Å². The van der Waals surface area contributed by atoms with Crippen LogP contribution in [-0.2, 0) is 10.8 Å². The van der Waals surface area contributed by atoms with Gasteiger partial charge in [0.1, 0.15) is 11.2 Å². The SMILES string of the molecule is CC1(c2ccccc2)c2ccccc2-c2ccc(N(c3cccc(-c4ccc5oc6ccccc6c5c4)c3)c3ccc4c(c3)C(c3ccccc3)(c3ccccc3)c3ccccc3-4)cc21. The Balaban J connectivity index is 1.06. The summed E-state index contributed by atoms with van der Waals surface area (Å²) in [5, 5.41) is 2.25. The zero-order valence-corrected chi connectivity index (χ0v) is 35.9. The Hall–Kier alpha value is -8.20. The van der Waals surface area contributed by atoms with Crippen LogP contribution >= 0.6 is 0 Å². The standard InChI is InChI=1S/C63H43NO/c1-62(44-19-5-2-6-20-44)56-29-14-11-26-50(56)52-35-33-48(40-58(52)62)64(47-25-17-18-42(38-47)43-32-37-61-55(39-43)54-28-13-16-31-60(54)65-61)49-34-36-53-51-27-12-15-30-57(51)63(59(53)41-49,45-21-7-3-8-22-45)46-23-9-4-10-24-46/h2-41H,1H3. The summed E-state index contributed by atoms with van der Waals surface area (Å²) in [6.45, 7) is 2.40. The number of hydrogen-bond donors (Lipinski definition) is 0. The second-order valence-electron chi connectivity index (χ2n) is 17.7. The fraction of sp³-hybridized carbons (Fsp3) is 0.0476. The highest BCUT2D eigenvalue weighted by molar-refractivity contribution is 6.06. The summed E-state index contributed by atoms with van der Waals surface area (Å²) in [5.41, 5.74) is 20.6. The van der Waals surface area contributed by atoms with Crippen LogP contribution in [0.4, 0.5) is 17.1 Å². The van der Waals surface area contributed by atoms with Gasteiger partial charge in [-0.3, -0.25) is 0 Å². The number of hydrogen-bond acceptors (Lipinski definition) is 2. The molecule has 1 atom stereocenters. The minimum atomic E-state index is -0.536. The molecular formula is C63H43NO. The Morgan fingerprint density at radius 2 is 0.831 bits per heavy atom. The van der Waals surface area contributed by atoms with Crippen molar-refractivity contribution in [2.24, 2.45) is 0 Å². The molecule has 2 heteroatoms. The number of furan rings is 1. The summed E-state index contributed by atoms with van der Waals surface area (Å²) in [4.78, 5) is 2.48. The molecule has 0 N–H and O–H groups in total. The van der Waals surface area contributed by atoms with Crippen molar-refractivity contribution in [2.75, 3.05) is 4.90 Å². The van der Waals surface area contributed by atoms with Crippen LogP contribution in [0.1, 0.15) is 45.9 Å². The van der Waals surface area contributed by atoms with E-state index in [1.54, 1.807) is 0 Å². The van der Waals surface area contributed by atoms with Crippen molar-refractivity contribution in [1.82, 2.24) is 0 Å². The molecule has 0 amide bonds. The lowest BCUT2D eigenvalue weighted by atomic mass is 9.67. The second-order valence-corrected chi connectivity index (χ2v) is 17.7. The molecule has 0 fully saturated rings. The quantitative estimate of drug-likeness (QED) is 0.159. The van der Waals surface area contributed by atoms with Gasteiger partial charge in [-0.15, -0.1) is 0 Å². The third kappa shape index (κ3) is 5.47. The first kappa shape index (κ1) is 37.4. The van der Waals surface area contributed by atoms with Crippen molar-refractivity contribution >= 4 is 39.0 Å². The predicted molar refractivity (Wildman–Crippen MR) is 269 cm³/mol. The molecule has 0 saturated heterocycles. The number of rotatable bonds is 7. The van der Waals surface area contributed by atoms with Gasteiger partial charge in [-0.2, -0.15) is 0 Å². The smallest absolute Gasteiger partial charge is 0.135 e. The Morgan fingerprint density at radius 1 is 0.323 bits per heavy atom. The van der Waals surface area contributed by atoms with Crippen molar-refractivity contribution in [1.29, 1.82) is 0 Å². The van der Waals surface area contributed by atoms with Gasteiger partial charge in [-0.05, 0) is 134 Å². The molecule has 2 aliphatic rings. The van der Waals surface area contributed by atoms with Gasteiger partial charge in [0, 0.05) is 33.2 Å². The van der Waals surface area contributed by atoms with Crippen molar-refractivity contribution in [3.63, 3.8) is 0 Å². The zero-order valence-electron chi connectivity index (χ0n) is 35.9. The molecule has 306 valence electrons. The molecule has 65 heavy (non-hydrogen) atoms. The molecule has 0 spiro atoms. The van der Waals surface area contributed by atoms with Gasteiger partial charge < -0.3 is 9.32 Å². The van der Waals surface area contributed by atoms with Crippen LogP contribution in [0.5, 0.6) is 0 Å². The molecule has 11 aromatic rings. The fourth-order valence-electron chi connectivity index (χ4n) is 11.5. The monoisotopic (exact) mass is 829 g/mol. The third-order valence-electron chi connectivity index (χ3n) is 14.4. The largest absolute Gasteiger partial charge is 0.456 e. The van der Waals surface area contributed by atoms with Crippen LogP contribution in [0.2, 0.25) is 0 Å². The van der Waals surface area contributed by atoms with Gasteiger partial charge in [-0.25, -0.2) is 0 Å². The normalized spacial score (nSPS) is 15.3. The molecule has 1 heterocycles. The molecule has 10 aromatic carbocycles. The Bertz CT molecular complexity index is 3580. The summed E-state index contributed by atoms with van der Waals surface area (Å²) >= 11 is 0. The average Bonchev–Trinajstić information content (AvgIpc) is 3.99. The van der Waals surface area contributed by atoms with E-state index in [2.05, 4.69) is 242 Å².